The third-order valence-electron chi connectivity index (χ3n) is 6.54. The first-order valence-electron chi connectivity index (χ1n) is 11.6. The van der Waals surface area contributed by atoms with Gasteiger partial charge in [-0.25, -0.2) is 13.2 Å². The molecule has 2 unspecified atom stereocenters. The van der Waals surface area contributed by atoms with E-state index in [1.807, 2.05) is 43.9 Å². The van der Waals surface area contributed by atoms with Crippen LogP contribution in [0.1, 0.15) is 27.2 Å². The number of fused-ring (bicyclic) bond motifs is 2. The number of sulfone groups is 1. The summed E-state index contributed by atoms with van der Waals surface area (Å²) in [6, 6.07) is 16.0. The molecule has 3 heterocycles. The van der Waals surface area contributed by atoms with Crippen molar-refractivity contribution < 1.29 is 17.9 Å². The first kappa shape index (κ1) is 22.7. The maximum absolute atomic E-state index is 13.1. The molecule has 34 heavy (non-hydrogen) atoms. The number of aromatic nitrogens is 1. The fourth-order valence-electron chi connectivity index (χ4n) is 4.97. The van der Waals surface area contributed by atoms with Crippen LogP contribution in [0.4, 0.5) is 10.5 Å². The smallest absolute Gasteiger partial charge is 0.410 e. The van der Waals surface area contributed by atoms with Crippen molar-refractivity contribution in [1.29, 1.82) is 0 Å². The summed E-state index contributed by atoms with van der Waals surface area (Å²) in [5.41, 5.74) is 1.20. The van der Waals surface area contributed by atoms with Crippen molar-refractivity contribution in [1.82, 2.24) is 9.88 Å². The summed E-state index contributed by atoms with van der Waals surface area (Å²) < 4.78 is 31.7. The van der Waals surface area contributed by atoms with Crippen LogP contribution >= 0.6 is 0 Å². The largest absolute Gasteiger partial charge is 0.444 e. The number of pyridine rings is 1. The molecular weight excluding hydrogens is 450 g/mol. The lowest BCUT2D eigenvalue weighted by atomic mass is 10.1. The summed E-state index contributed by atoms with van der Waals surface area (Å²) in [4.78, 5) is 21.9. The fourth-order valence-corrected chi connectivity index (χ4v) is 6.23. The maximum Gasteiger partial charge on any atom is 0.410 e. The fraction of sp³-hybridized carbons (Fsp3) is 0.385. The summed E-state index contributed by atoms with van der Waals surface area (Å²) in [5, 5.41) is 0.774. The summed E-state index contributed by atoms with van der Waals surface area (Å²) in [6.45, 7) is 7.89. The molecule has 2 aliphatic heterocycles. The van der Waals surface area contributed by atoms with Crippen molar-refractivity contribution in [3.05, 3.63) is 60.8 Å². The van der Waals surface area contributed by atoms with Gasteiger partial charge in [-0.1, -0.05) is 30.3 Å². The van der Waals surface area contributed by atoms with Crippen molar-refractivity contribution in [3.63, 3.8) is 0 Å². The lowest BCUT2D eigenvalue weighted by molar-refractivity contribution is 0.0229. The first-order chi connectivity index (χ1) is 16.1. The SMILES string of the molecule is CC(C)(C)OC(=O)N1CCC2CN(c3cccc4cc(S(=O)(=O)c5ccccc5)cnc34)CC21. The number of carbonyl (C=O) groups is 1. The van der Waals surface area contributed by atoms with Crippen LogP contribution < -0.4 is 4.90 Å². The molecule has 1 aromatic heterocycles. The Bertz CT molecular complexity index is 1340. The predicted octanol–water partition coefficient (Wildman–Crippen LogP) is 4.51. The third-order valence-corrected chi connectivity index (χ3v) is 8.28. The molecule has 2 atom stereocenters. The number of carbonyl (C=O) groups excluding carboxylic acids is 1. The highest BCUT2D eigenvalue weighted by Gasteiger charge is 2.45. The standard InChI is InChI=1S/C26H29N3O4S/c1-26(2,3)33-25(30)29-13-12-19-16-28(17-23(19)29)22-11-7-8-18-14-21(15-27-24(18)22)34(31,32)20-9-5-4-6-10-20/h4-11,14-15,19,23H,12-13,16-17H2,1-3H3. The van der Waals surface area contributed by atoms with E-state index in [1.54, 1.807) is 36.4 Å². The van der Waals surface area contributed by atoms with Crippen molar-refractivity contribution in [2.75, 3.05) is 24.5 Å². The number of para-hydroxylation sites is 1. The van der Waals surface area contributed by atoms with Crippen LogP contribution in [0, 0.1) is 5.92 Å². The molecule has 3 aromatic rings. The van der Waals surface area contributed by atoms with Gasteiger partial charge in [0.25, 0.3) is 0 Å². The quantitative estimate of drug-likeness (QED) is 0.550. The van der Waals surface area contributed by atoms with Crippen molar-refractivity contribution >= 4 is 32.5 Å². The van der Waals surface area contributed by atoms with E-state index in [0.29, 0.717) is 19.0 Å². The Hall–Kier alpha value is -3.13. The second-order valence-corrected chi connectivity index (χ2v) is 12.0. The molecule has 5 rings (SSSR count). The number of hydrogen-bond acceptors (Lipinski definition) is 6. The highest BCUT2D eigenvalue weighted by atomic mass is 32.2. The van der Waals surface area contributed by atoms with Gasteiger partial charge in [0.15, 0.2) is 0 Å². The van der Waals surface area contributed by atoms with Crippen LogP contribution in [0.5, 0.6) is 0 Å². The van der Waals surface area contributed by atoms with Gasteiger partial charge in [-0.05, 0) is 51.5 Å². The van der Waals surface area contributed by atoms with Crippen LogP contribution in [0.25, 0.3) is 10.9 Å². The van der Waals surface area contributed by atoms with Crippen molar-refractivity contribution in [3.8, 4) is 0 Å². The summed E-state index contributed by atoms with van der Waals surface area (Å²) in [6.07, 6.45) is 2.13. The number of ether oxygens (including phenoxy) is 1. The van der Waals surface area contributed by atoms with E-state index in [9.17, 15) is 13.2 Å². The van der Waals surface area contributed by atoms with Crippen molar-refractivity contribution in [2.24, 2.45) is 5.92 Å². The van der Waals surface area contributed by atoms with E-state index in [2.05, 4.69) is 9.88 Å². The Labute approximate surface area is 200 Å². The van der Waals surface area contributed by atoms with Crippen LogP contribution in [-0.2, 0) is 14.6 Å². The molecule has 0 spiro atoms. The maximum atomic E-state index is 13.1. The second-order valence-electron chi connectivity index (χ2n) is 10.0. The lowest BCUT2D eigenvalue weighted by Crippen LogP contribution is -2.42. The Balaban J connectivity index is 1.42. The highest BCUT2D eigenvalue weighted by molar-refractivity contribution is 7.91. The van der Waals surface area contributed by atoms with Gasteiger partial charge in [0.2, 0.25) is 9.84 Å². The van der Waals surface area contributed by atoms with Gasteiger partial charge < -0.3 is 14.5 Å². The number of amides is 1. The monoisotopic (exact) mass is 479 g/mol. The number of hydrogen-bond donors (Lipinski definition) is 0. The van der Waals surface area contributed by atoms with Gasteiger partial charge in [0, 0.05) is 37.1 Å². The number of anilines is 1. The highest BCUT2D eigenvalue weighted by Crippen LogP contribution is 2.37. The molecule has 2 aromatic carbocycles. The molecule has 0 aliphatic carbocycles. The van der Waals surface area contributed by atoms with Crippen LogP contribution in [0.2, 0.25) is 0 Å². The number of likely N-dealkylation sites (tertiary alicyclic amines) is 1. The molecule has 2 aliphatic rings. The predicted molar refractivity (Wildman–Crippen MR) is 131 cm³/mol. The molecule has 178 valence electrons. The van der Waals surface area contributed by atoms with Gasteiger partial charge in [0.1, 0.15) is 5.60 Å². The number of nitrogens with zero attached hydrogens (tertiary/aromatic N) is 3. The van der Waals surface area contributed by atoms with E-state index in [-0.39, 0.29) is 21.9 Å². The molecule has 0 N–H and O–H groups in total. The van der Waals surface area contributed by atoms with Gasteiger partial charge in [-0.2, -0.15) is 0 Å². The number of benzene rings is 2. The van der Waals surface area contributed by atoms with Crippen molar-refractivity contribution in [2.45, 2.75) is 48.6 Å². The van der Waals surface area contributed by atoms with Crippen LogP contribution in [-0.4, -0.2) is 55.7 Å². The zero-order chi connectivity index (χ0) is 24.1. The Kier molecular flexibility index (Phi) is 5.51. The zero-order valence-corrected chi connectivity index (χ0v) is 20.5. The molecular formula is C26H29N3O4S. The van der Waals surface area contributed by atoms with Gasteiger partial charge in [-0.15, -0.1) is 0 Å². The summed E-state index contributed by atoms with van der Waals surface area (Å²) >= 11 is 0. The van der Waals surface area contributed by atoms with Gasteiger partial charge >= 0.3 is 6.09 Å². The van der Waals surface area contributed by atoms with E-state index >= 15 is 0 Å². The average molecular weight is 480 g/mol. The van der Waals surface area contributed by atoms with E-state index in [1.165, 1.54) is 6.20 Å². The molecule has 0 bridgehead atoms. The minimum Gasteiger partial charge on any atom is -0.444 e. The van der Waals surface area contributed by atoms with Crippen LogP contribution in [0.3, 0.4) is 0 Å². The molecule has 0 radical (unpaired) electrons. The zero-order valence-electron chi connectivity index (χ0n) is 19.6. The molecule has 1 amide bonds. The minimum atomic E-state index is -3.64. The second kappa shape index (κ2) is 8.27. The van der Waals surface area contributed by atoms with Crippen LogP contribution in [0.15, 0.2) is 70.6 Å². The first-order valence-corrected chi connectivity index (χ1v) is 13.1. The van der Waals surface area contributed by atoms with E-state index < -0.39 is 15.4 Å². The van der Waals surface area contributed by atoms with E-state index in [4.69, 9.17) is 4.74 Å². The third kappa shape index (κ3) is 4.11. The number of rotatable bonds is 3. The molecule has 8 heteroatoms. The molecule has 7 nitrogen and oxygen atoms in total. The van der Waals surface area contributed by atoms with Gasteiger partial charge in [-0.3, -0.25) is 4.98 Å². The average Bonchev–Trinajstić information content (AvgIpc) is 3.38. The Morgan fingerprint density at radius 1 is 1.03 bits per heavy atom. The molecule has 2 fully saturated rings. The molecule has 2 saturated heterocycles. The topological polar surface area (TPSA) is 79.8 Å². The summed E-state index contributed by atoms with van der Waals surface area (Å²) in [5.74, 6) is 0.375. The molecule has 0 saturated carbocycles. The Morgan fingerprint density at radius 2 is 1.79 bits per heavy atom. The Morgan fingerprint density at radius 3 is 2.53 bits per heavy atom. The van der Waals surface area contributed by atoms with E-state index in [0.717, 1.165) is 29.6 Å². The lowest BCUT2D eigenvalue weighted by Gasteiger charge is -2.29. The minimum absolute atomic E-state index is 0.0998. The summed E-state index contributed by atoms with van der Waals surface area (Å²) in [7, 11) is -3.64. The van der Waals surface area contributed by atoms with Gasteiger partial charge in [0.05, 0.1) is 27.0 Å². The normalized spacial score (nSPS) is 20.6.